The molecule has 0 bridgehead atoms. The van der Waals surface area contributed by atoms with E-state index in [-0.39, 0.29) is 44.1 Å². The van der Waals surface area contributed by atoms with E-state index in [0.717, 1.165) is 44.6 Å². The highest BCUT2D eigenvalue weighted by atomic mass is 32.1. The molecule has 4 aromatic rings. The van der Waals surface area contributed by atoms with E-state index in [2.05, 4.69) is 44.1 Å². The first kappa shape index (κ1) is 33.6. The van der Waals surface area contributed by atoms with Gasteiger partial charge >= 0.3 is 0 Å². The number of carbonyl (C=O) groups is 3. The quantitative estimate of drug-likeness (QED) is 0.140. The van der Waals surface area contributed by atoms with Gasteiger partial charge in [0, 0.05) is 23.1 Å². The summed E-state index contributed by atoms with van der Waals surface area (Å²) in [6, 6.07) is 15.0. The van der Waals surface area contributed by atoms with Crippen LogP contribution in [0, 0.1) is 18.8 Å². The monoisotopic (exact) mass is 695 g/mol. The second-order valence-corrected chi connectivity index (χ2v) is 13.2. The first-order valence-corrected chi connectivity index (χ1v) is 17.5. The van der Waals surface area contributed by atoms with E-state index in [9.17, 15) is 14.4 Å². The summed E-state index contributed by atoms with van der Waals surface area (Å²) in [5, 5.41) is 12.1. The number of thiophene rings is 1. The highest BCUT2D eigenvalue weighted by Gasteiger charge is 2.40. The summed E-state index contributed by atoms with van der Waals surface area (Å²) < 4.78 is 25.7. The number of rotatable bonds is 11. The van der Waals surface area contributed by atoms with E-state index in [4.69, 9.17) is 18.9 Å². The number of amides is 3. The van der Waals surface area contributed by atoms with Gasteiger partial charge < -0.3 is 23.8 Å². The van der Waals surface area contributed by atoms with Gasteiger partial charge in [0.2, 0.25) is 11.8 Å². The molecule has 0 radical (unpaired) electrons. The average Bonchev–Trinajstić information content (AvgIpc) is 3.74. The van der Waals surface area contributed by atoms with Crippen molar-refractivity contribution >= 4 is 29.1 Å². The van der Waals surface area contributed by atoms with Crippen LogP contribution in [0.4, 0.5) is 0 Å². The van der Waals surface area contributed by atoms with E-state index in [1.165, 1.54) is 10.5 Å². The maximum atomic E-state index is 13.0. The Hall–Kier alpha value is -4.87. The molecule has 0 spiro atoms. The van der Waals surface area contributed by atoms with E-state index in [0.29, 0.717) is 44.2 Å². The van der Waals surface area contributed by atoms with E-state index < -0.39 is 11.9 Å². The summed E-state index contributed by atoms with van der Waals surface area (Å²) in [5.74, 6) is 7.74. The molecule has 3 aliphatic rings. The van der Waals surface area contributed by atoms with Crippen molar-refractivity contribution in [1.82, 2.24) is 25.0 Å². The van der Waals surface area contributed by atoms with Gasteiger partial charge in [-0.25, -0.2) is 0 Å². The van der Waals surface area contributed by atoms with Crippen molar-refractivity contribution in [2.45, 2.75) is 58.4 Å². The number of aromatic nitrogens is 3. The highest BCUT2D eigenvalue weighted by Crippen LogP contribution is 2.39. The number of imide groups is 1. The molecule has 5 heterocycles. The third kappa shape index (κ3) is 6.93. The molecule has 13 heteroatoms. The molecule has 0 saturated carbocycles. The lowest BCUT2D eigenvalue weighted by Crippen LogP contribution is -2.52. The Kier molecular flexibility index (Phi) is 10.0. The Bertz CT molecular complexity index is 1980. The van der Waals surface area contributed by atoms with Crippen LogP contribution in [0.5, 0.6) is 5.75 Å². The van der Waals surface area contributed by atoms with Crippen LogP contribution < -0.4 is 10.1 Å². The van der Waals surface area contributed by atoms with Crippen molar-refractivity contribution in [1.29, 1.82) is 0 Å². The van der Waals surface area contributed by atoms with Crippen LogP contribution in [-0.4, -0.2) is 76.5 Å². The van der Waals surface area contributed by atoms with Crippen molar-refractivity contribution in [3.05, 3.63) is 92.9 Å². The van der Waals surface area contributed by atoms with Gasteiger partial charge in [-0.05, 0) is 49.9 Å². The fraction of sp³-hybridized carbons (Fsp3) is 0.378. The number of benzene rings is 2. The molecule has 3 amide bonds. The Morgan fingerprint density at radius 3 is 2.66 bits per heavy atom. The Balaban J connectivity index is 0.902. The van der Waals surface area contributed by atoms with Gasteiger partial charge in [-0.15, -0.1) is 21.5 Å². The standard InChI is InChI=1S/C37H37N5O7S/c1-23-34-40-39-24(2)42(34)37-29(22-49-23)27(20-25-8-4-3-5-9-25)32(50-37)12-7-15-46-16-17-47-18-19-48-31-11-6-10-26-28(31)21-41(36(26)45)30-13-14-33(43)38-35(30)44/h3-6,8-11,23,30H,13-22H2,1-2H3,(H,38,43,44)/t23-,30?/m0/s1. The van der Waals surface area contributed by atoms with Crippen molar-refractivity contribution in [2.24, 2.45) is 0 Å². The third-order valence-corrected chi connectivity index (χ3v) is 10.2. The van der Waals surface area contributed by atoms with Gasteiger partial charge in [-0.2, -0.15) is 0 Å². The lowest BCUT2D eigenvalue weighted by Gasteiger charge is -2.29. The zero-order chi connectivity index (χ0) is 34.6. The second kappa shape index (κ2) is 14.9. The Morgan fingerprint density at radius 2 is 1.82 bits per heavy atom. The summed E-state index contributed by atoms with van der Waals surface area (Å²) in [5.41, 5.74) is 4.71. The molecule has 1 N–H and O–H groups in total. The molecule has 1 unspecified atom stereocenters. The maximum Gasteiger partial charge on any atom is 0.255 e. The predicted octanol–water partition coefficient (Wildman–Crippen LogP) is 4.04. The first-order valence-electron chi connectivity index (χ1n) is 16.6. The first-order chi connectivity index (χ1) is 24.4. The molecule has 0 aliphatic carbocycles. The van der Waals surface area contributed by atoms with Crippen LogP contribution in [-0.2, 0) is 43.4 Å². The zero-order valence-electron chi connectivity index (χ0n) is 27.9. The Labute approximate surface area is 293 Å². The minimum atomic E-state index is -0.670. The normalized spacial score (nSPS) is 18.1. The predicted molar refractivity (Wildman–Crippen MR) is 183 cm³/mol. The van der Waals surface area contributed by atoms with Crippen LogP contribution in [0.2, 0.25) is 0 Å². The van der Waals surface area contributed by atoms with Crippen molar-refractivity contribution in [3.63, 3.8) is 0 Å². The molecule has 50 heavy (non-hydrogen) atoms. The molecule has 1 fully saturated rings. The van der Waals surface area contributed by atoms with Crippen molar-refractivity contribution < 1.29 is 33.3 Å². The van der Waals surface area contributed by atoms with Crippen molar-refractivity contribution in [2.75, 3.05) is 33.0 Å². The van der Waals surface area contributed by atoms with Gasteiger partial charge in [0.15, 0.2) is 5.82 Å². The fourth-order valence-electron chi connectivity index (χ4n) is 6.44. The van der Waals surface area contributed by atoms with E-state index in [1.807, 2.05) is 32.0 Å². The maximum absolute atomic E-state index is 13.0. The van der Waals surface area contributed by atoms with Gasteiger partial charge in [-0.3, -0.25) is 24.3 Å². The molecular weight excluding hydrogens is 659 g/mol. The number of hydrogen-bond donors (Lipinski definition) is 1. The van der Waals surface area contributed by atoms with Gasteiger partial charge in [-0.1, -0.05) is 48.2 Å². The number of nitrogens with one attached hydrogen (secondary N) is 1. The average molecular weight is 696 g/mol. The third-order valence-electron chi connectivity index (χ3n) is 8.99. The van der Waals surface area contributed by atoms with Crippen LogP contribution in [0.3, 0.4) is 0 Å². The SMILES string of the molecule is Cc1nnc2n1-c1sc(C#CCOCCOCCOc3cccc4c3CN(C3CCC(=O)NC3=O)C4=O)c(Cc3ccccc3)c1CO[C@H]2C. The Morgan fingerprint density at radius 1 is 1.00 bits per heavy atom. The molecule has 2 aromatic heterocycles. The zero-order valence-corrected chi connectivity index (χ0v) is 28.7. The topological polar surface area (TPSA) is 134 Å². The molecule has 1 saturated heterocycles. The van der Waals surface area contributed by atoms with Gasteiger partial charge in [0.05, 0.1) is 37.8 Å². The van der Waals surface area contributed by atoms with Gasteiger partial charge in [0.1, 0.15) is 41.9 Å². The van der Waals surface area contributed by atoms with Crippen LogP contribution in [0.15, 0.2) is 48.5 Å². The molecule has 258 valence electrons. The number of piperidine rings is 1. The number of fused-ring (bicyclic) bond motifs is 4. The number of hydrogen-bond acceptors (Lipinski definition) is 10. The molecule has 2 atom stereocenters. The molecule has 7 rings (SSSR count). The second-order valence-electron chi connectivity index (χ2n) is 12.2. The summed E-state index contributed by atoms with van der Waals surface area (Å²) in [6.45, 7) is 6.30. The number of nitrogens with zero attached hydrogens (tertiary/aromatic N) is 4. The summed E-state index contributed by atoms with van der Waals surface area (Å²) in [7, 11) is 0. The summed E-state index contributed by atoms with van der Waals surface area (Å²) in [6.07, 6.45) is 1.09. The fourth-order valence-corrected chi connectivity index (χ4v) is 7.70. The lowest BCUT2D eigenvalue weighted by molar-refractivity contribution is -0.136. The molecular formula is C37H37N5O7S. The molecule has 3 aliphatic heterocycles. The number of aryl methyl sites for hydroxylation is 1. The van der Waals surface area contributed by atoms with E-state index >= 15 is 0 Å². The van der Waals surface area contributed by atoms with Crippen LogP contribution >= 0.6 is 11.3 Å². The molecule has 2 aromatic carbocycles. The number of carbonyl (C=O) groups excluding carboxylic acids is 3. The van der Waals surface area contributed by atoms with Crippen molar-refractivity contribution in [3.8, 4) is 22.6 Å². The largest absolute Gasteiger partial charge is 0.491 e. The minimum Gasteiger partial charge on any atom is -0.491 e. The van der Waals surface area contributed by atoms with Crippen LogP contribution in [0.25, 0.3) is 5.00 Å². The van der Waals surface area contributed by atoms with Crippen LogP contribution in [0.1, 0.15) is 75.0 Å². The summed E-state index contributed by atoms with van der Waals surface area (Å²) in [4.78, 5) is 39.4. The number of ether oxygens (including phenoxy) is 4. The van der Waals surface area contributed by atoms with E-state index in [1.54, 1.807) is 29.5 Å². The molecule has 12 nitrogen and oxygen atoms in total. The summed E-state index contributed by atoms with van der Waals surface area (Å²) >= 11 is 1.63. The van der Waals surface area contributed by atoms with Gasteiger partial charge in [0.25, 0.3) is 5.91 Å². The smallest absolute Gasteiger partial charge is 0.255 e. The highest BCUT2D eigenvalue weighted by molar-refractivity contribution is 7.15. The lowest BCUT2D eigenvalue weighted by atomic mass is 10.0. The minimum absolute atomic E-state index is 0.167.